The third-order valence-electron chi connectivity index (χ3n) is 4.61. The van der Waals surface area contributed by atoms with Crippen LogP contribution in [0.2, 0.25) is 0 Å². The second-order valence-corrected chi connectivity index (χ2v) is 6.81. The van der Waals surface area contributed by atoms with Gasteiger partial charge in [0.15, 0.2) is 6.61 Å². The lowest BCUT2D eigenvalue weighted by Crippen LogP contribution is -2.22. The topological polar surface area (TPSA) is 102 Å². The van der Waals surface area contributed by atoms with Gasteiger partial charge in [0.2, 0.25) is 0 Å². The van der Waals surface area contributed by atoms with E-state index in [2.05, 4.69) is 5.32 Å². The number of nitro benzene ring substituents is 1. The maximum absolute atomic E-state index is 12.4. The van der Waals surface area contributed by atoms with Crippen LogP contribution in [-0.4, -0.2) is 37.5 Å². The number of carbonyl (C=O) groups is 2. The molecular formula is C20H21N3O5. The Morgan fingerprint density at radius 3 is 2.61 bits per heavy atom. The van der Waals surface area contributed by atoms with Crippen molar-refractivity contribution in [3.8, 4) is 0 Å². The number of esters is 1. The monoisotopic (exact) mass is 383 g/mol. The number of amides is 1. The van der Waals surface area contributed by atoms with Crippen molar-refractivity contribution in [3.05, 3.63) is 63.2 Å². The molecule has 0 bridgehead atoms. The smallest absolute Gasteiger partial charge is 0.341 e. The summed E-state index contributed by atoms with van der Waals surface area (Å²) >= 11 is 0. The highest BCUT2D eigenvalue weighted by molar-refractivity contribution is 5.99. The van der Waals surface area contributed by atoms with Gasteiger partial charge in [-0.1, -0.05) is 6.07 Å². The van der Waals surface area contributed by atoms with Gasteiger partial charge in [0.25, 0.3) is 11.6 Å². The molecule has 1 aliphatic carbocycles. The molecule has 0 saturated heterocycles. The fourth-order valence-electron chi connectivity index (χ4n) is 3.25. The van der Waals surface area contributed by atoms with E-state index in [1.807, 2.05) is 18.2 Å². The number of non-ortho nitro benzene ring substituents is 1. The summed E-state index contributed by atoms with van der Waals surface area (Å²) in [5.74, 6) is -1.26. The van der Waals surface area contributed by atoms with Crippen LogP contribution in [0.3, 0.4) is 0 Å². The van der Waals surface area contributed by atoms with Gasteiger partial charge in [-0.2, -0.15) is 0 Å². The molecule has 0 heterocycles. The molecule has 0 aromatic heterocycles. The van der Waals surface area contributed by atoms with Gasteiger partial charge in [-0.15, -0.1) is 0 Å². The molecule has 146 valence electrons. The second kappa shape index (κ2) is 8.08. The Hall–Kier alpha value is -3.42. The quantitative estimate of drug-likeness (QED) is 0.467. The minimum Gasteiger partial charge on any atom is -0.452 e. The van der Waals surface area contributed by atoms with Crippen LogP contribution >= 0.6 is 0 Å². The lowest BCUT2D eigenvalue weighted by atomic mass is 10.1. The number of nitrogens with one attached hydrogen (secondary N) is 1. The van der Waals surface area contributed by atoms with Gasteiger partial charge in [0, 0.05) is 31.9 Å². The lowest BCUT2D eigenvalue weighted by Gasteiger charge is -2.16. The number of hydrogen-bond acceptors (Lipinski definition) is 6. The first-order chi connectivity index (χ1) is 13.3. The van der Waals surface area contributed by atoms with Gasteiger partial charge in [-0.3, -0.25) is 14.9 Å². The number of ether oxygens (including phenoxy) is 1. The molecule has 28 heavy (non-hydrogen) atoms. The summed E-state index contributed by atoms with van der Waals surface area (Å²) in [5, 5.41) is 13.7. The van der Waals surface area contributed by atoms with Crippen LogP contribution in [0.25, 0.3) is 0 Å². The van der Waals surface area contributed by atoms with E-state index in [1.54, 1.807) is 19.0 Å². The first kappa shape index (κ1) is 19.3. The normalized spacial score (nSPS) is 12.2. The number of fused-ring (bicyclic) bond motifs is 1. The number of rotatable bonds is 6. The maximum atomic E-state index is 12.4. The van der Waals surface area contributed by atoms with E-state index >= 15 is 0 Å². The van der Waals surface area contributed by atoms with Crippen molar-refractivity contribution in [1.29, 1.82) is 0 Å². The van der Waals surface area contributed by atoms with Crippen LogP contribution in [0.1, 0.15) is 27.9 Å². The standard InChI is InChI=1S/C20H21N3O5/c1-22(2)18-9-8-16(23(26)27)11-17(18)20(25)28-12-19(24)21-15-7-6-13-4-3-5-14(13)10-15/h6-11H,3-5,12H2,1-2H3,(H,21,24). The Morgan fingerprint density at radius 1 is 1.14 bits per heavy atom. The minimum atomic E-state index is -0.795. The number of hydrogen-bond donors (Lipinski definition) is 1. The largest absolute Gasteiger partial charge is 0.452 e. The number of anilines is 2. The Bertz CT molecular complexity index is 939. The molecule has 2 aromatic carbocycles. The van der Waals surface area contributed by atoms with Crippen LogP contribution in [0.4, 0.5) is 17.1 Å². The number of nitro groups is 1. The number of benzene rings is 2. The van der Waals surface area contributed by atoms with Crippen molar-refractivity contribution in [2.45, 2.75) is 19.3 Å². The van der Waals surface area contributed by atoms with Gasteiger partial charge < -0.3 is 15.0 Å². The van der Waals surface area contributed by atoms with Crippen molar-refractivity contribution in [2.75, 3.05) is 30.9 Å². The van der Waals surface area contributed by atoms with E-state index in [0.29, 0.717) is 11.4 Å². The summed E-state index contributed by atoms with van der Waals surface area (Å²) in [6.45, 7) is -0.481. The Labute approximate surface area is 162 Å². The van der Waals surface area contributed by atoms with E-state index in [9.17, 15) is 19.7 Å². The van der Waals surface area contributed by atoms with Crippen LogP contribution in [0.5, 0.6) is 0 Å². The van der Waals surface area contributed by atoms with E-state index in [4.69, 9.17) is 4.74 Å². The molecule has 0 saturated carbocycles. The SMILES string of the molecule is CN(C)c1ccc([N+](=O)[O-])cc1C(=O)OCC(=O)Nc1ccc2c(c1)CCC2. The van der Waals surface area contributed by atoms with Crippen LogP contribution < -0.4 is 10.2 Å². The Balaban J connectivity index is 1.65. The average Bonchev–Trinajstić information content (AvgIpc) is 3.13. The Kier molecular flexibility index (Phi) is 5.58. The van der Waals surface area contributed by atoms with Crippen LogP contribution in [0.15, 0.2) is 36.4 Å². The number of nitrogens with zero attached hydrogens (tertiary/aromatic N) is 2. The summed E-state index contributed by atoms with van der Waals surface area (Å²) in [7, 11) is 3.41. The van der Waals surface area contributed by atoms with E-state index in [-0.39, 0.29) is 11.3 Å². The molecule has 0 atom stereocenters. The highest BCUT2D eigenvalue weighted by Gasteiger charge is 2.20. The summed E-state index contributed by atoms with van der Waals surface area (Å²) in [6, 6.07) is 9.69. The molecule has 0 unspecified atom stereocenters. The minimum absolute atomic E-state index is 0.0320. The zero-order chi connectivity index (χ0) is 20.3. The fourth-order valence-corrected chi connectivity index (χ4v) is 3.25. The molecule has 3 rings (SSSR count). The first-order valence-electron chi connectivity index (χ1n) is 8.89. The first-order valence-corrected chi connectivity index (χ1v) is 8.89. The van der Waals surface area contributed by atoms with Crippen molar-refractivity contribution in [1.82, 2.24) is 0 Å². The van der Waals surface area contributed by atoms with Crippen molar-refractivity contribution in [2.24, 2.45) is 0 Å². The molecule has 1 aliphatic rings. The van der Waals surface area contributed by atoms with Gasteiger partial charge >= 0.3 is 5.97 Å². The zero-order valence-electron chi connectivity index (χ0n) is 15.7. The molecule has 0 aliphatic heterocycles. The summed E-state index contributed by atoms with van der Waals surface area (Å²) in [6.07, 6.45) is 3.16. The molecule has 1 amide bonds. The zero-order valence-corrected chi connectivity index (χ0v) is 15.7. The van der Waals surface area contributed by atoms with Crippen LogP contribution in [0, 0.1) is 10.1 Å². The highest BCUT2D eigenvalue weighted by atomic mass is 16.6. The second-order valence-electron chi connectivity index (χ2n) is 6.81. The molecule has 0 radical (unpaired) electrons. The predicted molar refractivity (Wildman–Crippen MR) is 105 cm³/mol. The van der Waals surface area contributed by atoms with Crippen molar-refractivity contribution >= 4 is 28.9 Å². The van der Waals surface area contributed by atoms with Gasteiger partial charge in [-0.05, 0) is 48.6 Å². The fraction of sp³-hybridized carbons (Fsp3) is 0.300. The van der Waals surface area contributed by atoms with E-state index in [1.165, 1.54) is 23.3 Å². The average molecular weight is 383 g/mol. The summed E-state index contributed by atoms with van der Waals surface area (Å²) in [5.41, 5.74) is 3.46. The molecular weight excluding hydrogens is 362 g/mol. The van der Waals surface area contributed by atoms with Crippen molar-refractivity contribution < 1.29 is 19.2 Å². The van der Waals surface area contributed by atoms with Crippen molar-refractivity contribution in [3.63, 3.8) is 0 Å². The van der Waals surface area contributed by atoms with Crippen LogP contribution in [-0.2, 0) is 22.4 Å². The molecule has 0 spiro atoms. The predicted octanol–water partition coefficient (Wildman–Crippen LogP) is 2.95. The van der Waals surface area contributed by atoms with Gasteiger partial charge in [0.1, 0.15) is 0 Å². The van der Waals surface area contributed by atoms with E-state index in [0.717, 1.165) is 25.3 Å². The molecule has 0 fully saturated rings. The lowest BCUT2D eigenvalue weighted by molar-refractivity contribution is -0.384. The third-order valence-corrected chi connectivity index (χ3v) is 4.61. The summed E-state index contributed by atoms with van der Waals surface area (Å²) in [4.78, 5) is 36.6. The Morgan fingerprint density at radius 2 is 1.89 bits per heavy atom. The third kappa shape index (κ3) is 4.28. The summed E-state index contributed by atoms with van der Waals surface area (Å²) < 4.78 is 5.08. The van der Waals surface area contributed by atoms with E-state index < -0.39 is 23.4 Å². The maximum Gasteiger partial charge on any atom is 0.341 e. The number of aryl methyl sites for hydroxylation is 2. The van der Waals surface area contributed by atoms with Gasteiger partial charge in [-0.25, -0.2) is 4.79 Å². The molecule has 8 nitrogen and oxygen atoms in total. The molecule has 8 heteroatoms. The highest BCUT2D eigenvalue weighted by Crippen LogP contribution is 2.26. The molecule has 1 N–H and O–H groups in total. The number of carbonyl (C=O) groups excluding carboxylic acids is 2. The molecule has 2 aromatic rings. The van der Waals surface area contributed by atoms with Gasteiger partial charge in [0.05, 0.1) is 16.2 Å².